The summed E-state index contributed by atoms with van der Waals surface area (Å²) >= 11 is 0. The Labute approximate surface area is 168 Å². The highest BCUT2D eigenvalue weighted by molar-refractivity contribution is 5.85. The first-order valence-corrected chi connectivity index (χ1v) is 10.1. The fraction of sp³-hybridized carbons (Fsp3) is 0.545. The van der Waals surface area contributed by atoms with Gasteiger partial charge >= 0.3 is 5.97 Å². The summed E-state index contributed by atoms with van der Waals surface area (Å²) in [6, 6.07) is 9.70. The average Bonchev–Trinajstić information content (AvgIpc) is 2.73. The normalized spacial score (nSPS) is 18.0. The van der Waals surface area contributed by atoms with Crippen LogP contribution in [-0.2, 0) is 14.3 Å². The molecule has 154 valence electrons. The van der Waals surface area contributed by atoms with E-state index in [4.69, 9.17) is 4.74 Å². The molecule has 1 aliphatic rings. The van der Waals surface area contributed by atoms with Crippen LogP contribution in [0.4, 0.5) is 0 Å². The molecule has 1 aliphatic heterocycles. The first kappa shape index (κ1) is 22.1. The van der Waals surface area contributed by atoms with E-state index in [1.54, 1.807) is 0 Å². The van der Waals surface area contributed by atoms with Gasteiger partial charge in [-0.2, -0.15) is 0 Å². The van der Waals surface area contributed by atoms with Crippen LogP contribution in [-0.4, -0.2) is 74.1 Å². The molecule has 0 spiro atoms. The number of nitrogens with one attached hydrogen (secondary N) is 1. The molecule has 0 bridgehead atoms. The molecule has 0 aromatic heterocycles. The lowest BCUT2D eigenvalue weighted by atomic mass is 9.99. The van der Waals surface area contributed by atoms with Crippen molar-refractivity contribution in [1.82, 2.24) is 15.1 Å². The van der Waals surface area contributed by atoms with E-state index in [-0.39, 0.29) is 17.8 Å². The monoisotopic (exact) mass is 387 g/mol. The van der Waals surface area contributed by atoms with Crippen LogP contribution >= 0.6 is 0 Å². The second kappa shape index (κ2) is 11.6. The van der Waals surface area contributed by atoms with Gasteiger partial charge in [-0.05, 0) is 11.5 Å². The number of esters is 1. The molecule has 1 fully saturated rings. The van der Waals surface area contributed by atoms with Gasteiger partial charge in [0.2, 0.25) is 5.91 Å². The summed E-state index contributed by atoms with van der Waals surface area (Å²) in [6.07, 6.45) is 5.13. The van der Waals surface area contributed by atoms with Crippen LogP contribution in [0.2, 0.25) is 0 Å². The summed E-state index contributed by atoms with van der Waals surface area (Å²) in [5.41, 5.74) is 1.21. The molecule has 2 atom stereocenters. The number of hydrogen-bond acceptors (Lipinski definition) is 5. The Kier molecular flexibility index (Phi) is 9.17. The Morgan fingerprint density at radius 3 is 2.39 bits per heavy atom. The second-order valence-electron chi connectivity index (χ2n) is 7.34. The summed E-state index contributed by atoms with van der Waals surface area (Å²) in [5, 5.41) is 2.85. The Balaban J connectivity index is 1.73. The largest absolute Gasteiger partial charge is 0.467 e. The topological polar surface area (TPSA) is 61.9 Å². The van der Waals surface area contributed by atoms with Crippen molar-refractivity contribution >= 4 is 18.0 Å². The van der Waals surface area contributed by atoms with E-state index in [0.29, 0.717) is 6.54 Å². The highest BCUT2D eigenvalue weighted by Crippen LogP contribution is 2.10. The van der Waals surface area contributed by atoms with E-state index >= 15 is 0 Å². The van der Waals surface area contributed by atoms with E-state index in [1.807, 2.05) is 32.0 Å². The molecule has 0 radical (unpaired) electrons. The maximum atomic E-state index is 12.4. The second-order valence-corrected chi connectivity index (χ2v) is 7.34. The first-order valence-electron chi connectivity index (χ1n) is 10.1. The molecular formula is C22H33N3O3. The van der Waals surface area contributed by atoms with Crippen LogP contribution in [0, 0.1) is 5.92 Å². The van der Waals surface area contributed by atoms with E-state index in [1.165, 1.54) is 12.7 Å². The van der Waals surface area contributed by atoms with Crippen LogP contribution < -0.4 is 5.32 Å². The van der Waals surface area contributed by atoms with Crippen LogP contribution in [0.5, 0.6) is 0 Å². The third-order valence-electron chi connectivity index (χ3n) is 5.29. The van der Waals surface area contributed by atoms with Crippen molar-refractivity contribution in [3.05, 3.63) is 42.0 Å². The average molecular weight is 388 g/mol. The Bertz CT molecular complexity index is 640. The molecule has 0 saturated carbocycles. The van der Waals surface area contributed by atoms with E-state index in [9.17, 15) is 9.59 Å². The van der Waals surface area contributed by atoms with Gasteiger partial charge in [-0.3, -0.25) is 14.6 Å². The van der Waals surface area contributed by atoms with Crippen molar-refractivity contribution in [3.63, 3.8) is 0 Å². The molecule has 1 amide bonds. The number of rotatable bonds is 9. The maximum Gasteiger partial charge on any atom is 0.328 e. The summed E-state index contributed by atoms with van der Waals surface area (Å²) in [7, 11) is 1.36. The van der Waals surface area contributed by atoms with Crippen LogP contribution in [0.1, 0.15) is 25.8 Å². The van der Waals surface area contributed by atoms with Crippen LogP contribution in [0.3, 0.4) is 0 Å². The minimum Gasteiger partial charge on any atom is -0.467 e. The highest BCUT2D eigenvalue weighted by Gasteiger charge is 2.27. The summed E-state index contributed by atoms with van der Waals surface area (Å²) in [6.45, 7) is 8.72. The summed E-state index contributed by atoms with van der Waals surface area (Å²) in [4.78, 5) is 28.8. The first-order chi connectivity index (χ1) is 13.5. The van der Waals surface area contributed by atoms with E-state index in [0.717, 1.165) is 39.1 Å². The van der Waals surface area contributed by atoms with Gasteiger partial charge in [-0.25, -0.2) is 4.79 Å². The summed E-state index contributed by atoms with van der Waals surface area (Å²) < 4.78 is 4.83. The fourth-order valence-corrected chi connectivity index (χ4v) is 3.25. The molecule has 1 N–H and O–H groups in total. The van der Waals surface area contributed by atoms with Crippen molar-refractivity contribution in [2.24, 2.45) is 5.92 Å². The van der Waals surface area contributed by atoms with Gasteiger partial charge in [0, 0.05) is 32.7 Å². The van der Waals surface area contributed by atoms with Gasteiger partial charge in [0.25, 0.3) is 0 Å². The van der Waals surface area contributed by atoms with Gasteiger partial charge in [0.05, 0.1) is 13.7 Å². The Morgan fingerprint density at radius 1 is 1.14 bits per heavy atom. The Hall–Kier alpha value is -2.18. The molecule has 0 aliphatic carbocycles. The molecule has 6 nitrogen and oxygen atoms in total. The minimum atomic E-state index is -0.577. The quantitative estimate of drug-likeness (QED) is 0.657. The molecule has 6 heteroatoms. The SMILES string of the molecule is CC[C@@H](C)[C@H](NC(=O)CN1CCN(C/C=C/c2ccccc2)CC1)C(=O)OC. The third-order valence-corrected chi connectivity index (χ3v) is 5.29. The highest BCUT2D eigenvalue weighted by atomic mass is 16.5. The number of amides is 1. The van der Waals surface area contributed by atoms with Gasteiger partial charge in [0.1, 0.15) is 6.04 Å². The predicted molar refractivity (Wildman–Crippen MR) is 112 cm³/mol. The van der Waals surface area contributed by atoms with Crippen molar-refractivity contribution in [2.75, 3.05) is 46.4 Å². The molecule has 1 saturated heterocycles. The number of benzene rings is 1. The lowest BCUT2D eigenvalue weighted by Crippen LogP contribution is -2.52. The van der Waals surface area contributed by atoms with Crippen molar-refractivity contribution in [2.45, 2.75) is 26.3 Å². The molecule has 2 rings (SSSR count). The number of ether oxygens (including phenoxy) is 1. The number of piperazine rings is 1. The molecular weight excluding hydrogens is 354 g/mol. The van der Waals surface area contributed by atoms with Crippen LogP contribution in [0.15, 0.2) is 36.4 Å². The van der Waals surface area contributed by atoms with Crippen LogP contribution in [0.25, 0.3) is 6.08 Å². The number of nitrogens with zero attached hydrogens (tertiary/aromatic N) is 2. The minimum absolute atomic E-state index is 0.0460. The zero-order chi connectivity index (χ0) is 20.4. The van der Waals surface area contributed by atoms with E-state index in [2.05, 4.69) is 39.4 Å². The summed E-state index contributed by atoms with van der Waals surface area (Å²) in [5.74, 6) is -0.449. The van der Waals surface area contributed by atoms with Crippen molar-refractivity contribution in [3.8, 4) is 0 Å². The predicted octanol–water partition coefficient (Wildman–Crippen LogP) is 2.02. The fourth-order valence-electron chi connectivity index (χ4n) is 3.25. The molecule has 1 aromatic rings. The number of carbonyl (C=O) groups is 2. The zero-order valence-corrected chi connectivity index (χ0v) is 17.3. The standard InChI is InChI=1S/C22H33N3O3/c1-4-18(2)21(22(27)28-3)23-20(26)17-25-15-13-24(14-16-25)12-8-11-19-9-6-5-7-10-19/h5-11,18,21H,4,12-17H2,1-3H3,(H,23,26)/b11-8+/t18-,21+/m1/s1. The Morgan fingerprint density at radius 2 is 1.79 bits per heavy atom. The lowest BCUT2D eigenvalue weighted by Gasteiger charge is -2.34. The number of methoxy groups -OCH3 is 1. The van der Waals surface area contributed by atoms with Gasteiger partial charge < -0.3 is 10.1 Å². The maximum absolute atomic E-state index is 12.4. The van der Waals surface area contributed by atoms with Gasteiger partial charge in [0.15, 0.2) is 0 Å². The molecule has 28 heavy (non-hydrogen) atoms. The number of carbonyl (C=O) groups excluding carboxylic acids is 2. The van der Waals surface area contributed by atoms with Gasteiger partial charge in [-0.1, -0.05) is 62.8 Å². The zero-order valence-electron chi connectivity index (χ0n) is 17.3. The van der Waals surface area contributed by atoms with E-state index < -0.39 is 6.04 Å². The molecule has 0 unspecified atom stereocenters. The smallest absolute Gasteiger partial charge is 0.328 e. The van der Waals surface area contributed by atoms with Crippen molar-refractivity contribution < 1.29 is 14.3 Å². The lowest BCUT2D eigenvalue weighted by molar-refractivity contribution is -0.146. The molecule has 1 aromatic carbocycles. The van der Waals surface area contributed by atoms with Gasteiger partial charge in [-0.15, -0.1) is 0 Å². The number of hydrogen-bond donors (Lipinski definition) is 1. The van der Waals surface area contributed by atoms with Crippen molar-refractivity contribution in [1.29, 1.82) is 0 Å². The third kappa shape index (κ3) is 7.09. The molecule has 1 heterocycles.